The Morgan fingerprint density at radius 2 is 2.36 bits per heavy atom. The number of nitrogens with two attached hydrogens (primary N) is 1. The van der Waals surface area contributed by atoms with Gasteiger partial charge in [0.1, 0.15) is 4.99 Å². The van der Waals surface area contributed by atoms with Gasteiger partial charge < -0.3 is 5.73 Å². The molecule has 0 aliphatic rings. The molecule has 5 heteroatoms. The molecule has 1 rings (SSSR count). The minimum atomic E-state index is -0.614. The number of hydrogen-bond acceptors (Lipinski definition) is 2. The van der Waals surface area contributed by atoms with E-state index in [4.69, 9.17) is 17.3 Å². The van der Waals surface area contributed by atoms with Crippen molar-refractivity contribution in [1.29, 1.82) is 0 Å². The number of aromatic nitrogens is 1. The summed E-state index contributed by atoms with van der Waals surface area (Å²) < 4.78 is 12.6. The first-order valence-corrected chi connectivity index (χ1v) is 3.50. The van der Waals surface area contributed by atoms with Crippen LogP contribution in [0.25, 0.3) is 0 Å². The van der Waals surface area contributed by atoms with Crippen LogP contribution in [0.2, 0.25) is 5.15 Å². The summed E-state index contributed by atoms with van der Waals surface area (Å²) in [5.41, 5.74) is 5.59. The minimum absolute atomic E-state index is 0.105. The molecular weight excluding hydrogens is 187 g/mol. The molecule has 0 atom stereocenters. The van der Waals surface area contributed by atoms with Gasteiger partial charge in [0.25, 0.3) is 0 Å². The first kappa shape index (κ1) is 8.36. The molecule has 0 amide bonds. The van der Waals surface area contributed by atoms with Crippen molar-refractivity contribution in [2.45, 2.75) is 0 Å². The maximum Gasteiger partial charge on any atom is 0.164 e. The average Bonchev–Trinajstić information content (AvgIpc) is 1.94. The highest BCUT2D eigenvalue weighted by atomic mass is 35.5. The third-order valence-corrected chi connectivity index (χ3v) is 1.59. The van der Waals surface area contributed by atoms with Gasteiger partial charge in [0.15, 0.2) is 11.0 Å². The molecule has 0 radical (unpaired) electrons. The van der Waals surface area contributed by atoms with Gasteiger partial charge in [-0.3, -0.25) is 0 Å². The standard InChI is InChI=1S/C6H4ClFN2S/c7-5-4(8)1-3(2-10-5)6(9)11/h1-2H,(H2,9,11). The predicted molar refractivity (Wildman–Crippen MR) is 45.1 cm³/mol. The van der Waals surface area contributed by atoms with Crippen LogP contribution in [0.15, 0.2) is 12.3 Å². The summed E-state index contributed by atoms with van der Waals surface area (Å²) in [5.74, 6) is -0.614. The van der Waals surface area contributed by atoms with Gasteiger partial charge in [0, 0.05) is 11.8 Å². The van der Waals surface area contributed by atoms with E-state index in [1.54, 1.807) is 0 Å². The quantitative estimate of drug-likeness (QED) is 0.539. The molecule has 0 saturated carbocycles. The zero-order valence-electron chi connectivity index (χ0n) is 5.34. The van der Waals surface area contributed by atoms with Crippen molar-refractivity contribution < 1.29 is 4.39 Å². The van der Waals surface area contributed by atoms with Crippen LogP contribution < -0.4 is 5.73 Å². The van der Waals surface area contributed by atoms with Crippen molar-refractivity contribution in [2.75, 3.05) is 0 Å². The third kappa shape index (κ3) is 1.85. The third-order valence-electron chi connectivity index (χ3n) is 1.08. The van der Waals surface area contributed by atoms with E-state index >= 15 is 0 Å². The second-order valence-corrected chi connectivity index (χ2v) is 2.66. The van der Waals surface area contributed by atoms with Gasteiger partial charge in [0.05, 0.1) is 0 Å². The summed E-state index contributed by atoms with van der Waals surface area (Å²) in [6.45, 7) is 0. The molecule has 11 heavy (non-hydrogen) atoms. The van der Waals surface area contributed by atoms with Crippen LogP contribution in [0.4, 0.5) is 4.39 Å². The molecule has 0 fully saturated rings. The zero-order chi connectivity index (χ0) is 8.43. The molecule has 0 aliphatic carbocycles. The van der Waals surface area contributed by atoms with Crippen LogP contribution in [-0.2, 0) is 0 Å². The van der Waals surface area contributed by atoms with E-state index < -0.39 is 5.82 Å². The van der Waals surface area contributed by atoms with Gasteiger partial charge in [-0.25, -0.2) is 9.37 Å². The Kier molecular flexibility index (Phi) is 2.36. The lowest BCUT2D eigenvalue weighted by Gasteiger charge is -1.97. The second kappa shape index (κ2) is 3.11. The Bertz CT molecular complexity index is 303. The molecule has 0 spiro atoms. The van der Waals surface area contributed by atoms with Crippen LogP contribution in [-0.4, -0.2) is 9.97 Å². The van der Waals surface area contributed by atoms with Crippen LogP contribution in [0.1, 0.15) is 5.56 Å². The van der Waals surface area contributed by atoms with Crippen molar-refractivity contribution in [3.8, 4) is 0 Å². The van der Waals surface area contributed by atoms with E-state index in [9.17, 15) is 4.39 Å². The highest BCUT2D eigenvalue weighted by Gasteiger charge is 2.03. The summed E-state index contributed by atoms with van der Waals surface area (Å²) in [6, 6.07) is 1.15. The number of halogens is 2. The van der Waals surface area contributed by atoms with Crippen molar-refractivity contribution in [1.82, 2.24) is 4.98 Å². The lowest BCUT2D eigenvalue weighted by atomic mass is 10.3. The van der Waals surface area contributed by atoms with Gasteiger partial charge in [-0.2, -0.15) is 0 Å². The first-order valence-electron chi connectivity index (χ1n) is 2.72. The fraction of sp³-hybridized carbons (Fsp3) is 0. The van der Waals surface area contributed by atoms with Gasteiger partial charge in [-0.1, -0.05) is 23.8 Å². The van der Waals surface area contributed by atoms with Crippen molar-refractivity contribution in [2.24, 2.45) is 5.73 Å². The topological polar surface area (TPSA) is 38.9 Å². The summed E-state index contributed by atoms with van der Waals surface area (Å²) in [4.78, 5) is 3.63. The van der Waals surface area contributed by atoms with Gasteiger partial charge >= 0.3 is 0 Å². The van der Waals surface area contributed by atoms with E-state index in [0.29, 0.717) is 5.56 Å². The lowest BCUT2D eigenvalue weighted by Crippen LogP contribution is -2.10. The Balaban J connectivity index is 3.15. The Morgan fingerprint density at radius 3 is 2.82 bits per heavy atom. The van der Waals surface area contributed by atoms with Crippen LogP contribution >= 0.6 is 23.8 Å². The molecule has 0 aliphatic heterocycles. The number of hydrogen-bond donors (Lipinski definition) is 1. The number of pyridine rings is 1. The van der Waals surface area contributed by atoms with E-state index in [0.717, 1.165) is 6.07 Å². The highest BCUT2D eigenvalue weighted by molar-refractivity contribution is 7.80. The van der Waals surface area contributed by atoms with E-state index in [-0.39, 0.29) is 10.1 Å². The molecule has 2 N–H and O–H groups in total. The van der Waals surface area contributed by atoms with Gasteiger partial charge in [-0.15, -0.1) is 0 Å². The van der Waals surface area contributed by atoms with E-state index in [2.05, 4.69) is 17.2 Å². The minimum Gasteiger partial charge on any atom is -0.389 e. The molecule has 0 saturated heterocycles. The van der Waals surface area contributed by atoms with Crippen molar-refractivity contribution >= 4 is 28.8 Å². The maximum atomic E-state index is 12.6. The molecule has 0 unspecified atom stereocenters. The Hall–Kier alpha value is -0.740. The highest BCUT2D eigenvalue weighted by Crippen LogP contribution is 2.11. The fourth-order valence-electron chi connectivity index (χ4n) is 0.556. The zero-order valence-corrected chi connectivity index (χ0v) is 6.92. The number of thiocarbonyl (C=S) groups is 1. The van der Waals surface area contributed by atoms with E-state index in [1.807, 2.05) is 0 Å². The largest absolute Gasteiger partial charge is 0.389 e. The molecule has 1 heterocycles. The molecular formula is C6H4ClFN2S. The van der Waals surface area contributed by atoms with Gasteiger partial charge in [0.2, 0.25) is 0 Å². The maximum absolute atomic E-state index is 12.6. The van der Waals surface area contributed by atoms with Crippen molar-refractivity contribution in [3.63, 3.8) is 0 Å². The molecule has 0 bridgehead atoms. The van der Waals surface area contributed by atoms with Crippen LogP contribution in [0.3, 0.4) is 0 Å². The first-order chi connectivity index (χ1) is 5.11. The average molecular weight is 191 g/mol. The van der Waals surface area contributed by atoms with Crippen molar-refractivity contribution in [3.05, 3.63) is 28.8 Å². The summed E-state index contributed by atoms with van der Waals surface area (Å²) in [5, 5.41) is -0.176. The molecule has 1 aromatic heterocycles. The summed E-state index contributed by atoms with van der Waals surface area (Å²) in [7, 11) is 0. The normalized spacial score (nSPS) is 9.64. The molecule has 2 nitrogen and oxygen atoms in total. The van der Waals surface area contributed by atoms with E-state index in [1.165, 1.54) is 6.20 Å². The Morgan fingerprint density at radius 1 is 1.73 bits per heavy atom. The molecule has 1 aromatic rings. The Labute approximate surface area is 73.2 Å². The number of rotatable bonds is 1. The fourth-order valence-corrected chi connectivity index (χ4v) is 0.771. The SMILES string of the molecule is NC(=S)c1cnc(Cl)c(F)c1. The molecule has 0 aromatic carbocycles. The smallest absolute Gasteiger partial charge is 0.164 e. The molecule has 58 valence electrons. The number of nitrogens with zero attached hydrogens (tertiary/aromatic N) is 1. The van der Waals surface area contributed by atoms with Crippen LogP contribution in [0, 0.1) is 5.82 Å². The predicted octanol–water partition coefficient (Wildman–Crippen LogP) is 1.51. The summed E-state index contributed by atoms with van der Waals surface area (Å²) in [6.07, 6.45) is 1.33. The second-order valence-electron chi connectivity index (χ2n) is 1.86. The lowest BCUT2D eigenvalue weighted by molar-refractivity contribution is 0.621. The van der Waals surface area contributed by atoms with Crippen LogP contribution in [0.5, 0.6) is 0 Å². The summed E-state index contributed by atoms with van der Waals surface area (Å²) >= 11 is 9.91. The van der Waals surface area contributed by atoms with Gasteiger partial charge in [-0.05, 0) is 6.07 Å². The monoisotopic (exact) mass is 190 g/mol.